The number of hydrogen-bond donors (Lipinski definition) is 3. The number of aryl methyl sites for hydroxylation is 1. The molecule has 2 aromatic carbocycles. The highest BCUT2D eigenvalue weighted by molar-refractivity contribution is 5.86. The monoisotopic (exact) mass is 356 g/mol. The van der Waals surface area contributed by atoms with Crippen molar-refractivity contribution < 1.29 is 9.18 Å². The molecular formula is C20H25FN4O. The third-order valence-corrected chi connectivity index (χ3v) is 3.90. The van der Waals surface area contributed by atoms with Gasteiger partial charge in [0.05, 0.1) is 6.54 Å². The summed E-state index contributed by atoms with van der Waals surface area (Å²) < 4.78 is 13.3. The lowest BCUT2D eigenvalue weighted by Gasteiger charge is -2.12. The molecule has 0 aliphatic carbocycles. The molecule has 5 nitrogen and oxygen atoms in total. The number of carbonyl (C=O) groups is 1. The van der Waals surface area contributed by atoms with Crippen LogP contribution in [0.3, 0.4) is 0 Å². The molecule has 0 saturated heterocycles. The Morgan fingerprint density at radius 2 is 1.81 bits per heavy atom. The van der Waals surface area contributed by atoms with Crippen molar-refractivity contribution in [1.82, 2.24) is 16.0 Å². The molecule has 138 valence electrons. The number of nitrogens with one attached hydrogen (secondary N) is 3. The standard InChI is InChI=1S/C20H25FN4O/c1-15-12-17(8-9-18(15)21)13-24-20(22-2)25-14-19(26)23-11-10-16-6-4-3-5-7-16/h3-9,12H,10-11,13-14H2,1-2H3,(H,23,26)(H2,22,24,25). The van der Waals surface area contributed by atoms with E-state index in [1.807, 2.05) is 30.3 Å². The zero-order chi connectivity index (χ0) is 18.8. The zero-order valence-electron chi connectivity index (χ0n) is 15.2. The predicted octanol–water partition coefficient (Wildman–Crippen LogP) is 2.16. The van der Waals surface area contributed by atoms with E-state index in [0.717, 1.165) is 12.0 Å². The van der Waals surface area contributed by atoms with Gasteiger partial charge in [0.25, 0.3) is 0 Å². The molecule has 26 heavy (non-hydrogen) atoms. The van der Waals surface area contributed by atoms with Crippen molar-refractivity contribution >= 4 is 11.9 Å². The van der Waals surface area contributed by atoms with E-state index in [0.29, 0.717) is 24.6 Å². The summed E-state index contributed by atoms with van der Waals surface area (Å²) in [7, 11) is 1.64. The fraction of sp³-hybridized carbons (Fsp3) is 0.300. The Morgan fingerprint density at radius 3 is 2.50 bits per heavy atom. The van der Waals surface area contributed by atoms with Crippen LogP contribution in [0.5, 0.6) is 0 Å². The number of hydrogen-bond acceptors (Lipinski definition) is 2. The second-order valence-corrected chi connectivity index (χ2v) is 5.95. The van der Waals surface area contributed by atoms with Gasteiger partial charge in [0, 0.05) is 20.1 Å². The molecule has 0 radical (unpaired) electrons. The molecule has 0 atom stereocenters. The molecule has 6 heteroatoms. The first kappa shape index (κ1) is 19.4. The molecule has 2 rings (SSSR count). The fourth-order valence-corrected chi connectivity index (χ4v) is 2.44. The van der Waals surface area contributed by atoms with E-state index >= 15 is 0 Å². The maximum absolute atomic E-state index is 13.3. The molecule has 0 aliphatic heterocycles. The third-order valence-electron chi connectivity index (χ3n) is 3.90. The average molecular weight is 356 g/mol. The van der Waals surface area contributed by atoms with Crippen LogP contribution in [0.15, 0.2) is 53.5 Å². The molecule has 0 heterocycles. The van der Waals surface area contributed by atoms with Crippen molar-refractivity contribution in [1.29, 1.82) is 0 Å². The lowest BCUT2D eigenvalue weighted by atomic mass is 10.1. The minimum Gasteiger partial charge on any atom is -0.354 e. The van der Waals surface area contributed by atoms with Gasteiger partial charge in [-0.15, -0.1) is 0 Å². The van der Waals surface area contributed by atoms with Crippen LogP contribution in [-0.4, -0.2) is 32.0 Å². The van der Waals surface area contributed by atoms with Gasteiger partial charge >= 0.3 is 0 Å². The molecule has 0 unspecified atom stereocenters. The number of amides is 1. The molecule has 0 fully saturated rings. The van der Waals surface area contributed by atoms with Gasteiger partial charge in [-0.2, -0.15) is 0 Å². The van der Waals surface area contributed by atoms with Gasteiger partial charge in [-0.1, -0.05) is 42.5 Å². The number of aliphatic imine (C=N–C) groups is 1. The second kappa shape index (κ2) is 10.2. The minimum atomic E-state index is -0.219. The Bertz CT molecular complexity index is 747. The molecule has 0 saturated carbocycles. The number of carbonyl (C=O) groups excluding carboxylic acids is 1. The lowest BCUT2D eigenvalue weighted by molar-refractivity contribution is -0.119. The molecular weight excluding hydrogens is 331 g/mol. The predicted molar refractivity (Wildman–Crippen MR) is 102 cm³/mol. The molecule has 3 N–H and O–H groups in total. The van der Waals surface area contributed by atoms with Crippen LogP contribution in [-0.2, 0) is 17.8 Å². The van der Waals surface area contributed by atoms with Crippen LogP contribution in [0.4, 0.5) is 4.39 Å². The average Bonchev–Trinajstić information content (AvgIpc) is 2.65. The Balaban J connectivity index is 1.68. The highest BCUT2D eigenvalue weighted by Crippen LogP contribution is 2.08. The quantitative estimate of drug-likeness (QED) is 0.526. The Morgan fingerprint density at radius 1 is 1.04 bits per heavy atom. The van der Waals surface area contributed by atoms with Crippen molar-refractivity contribution in [3.8, 4) is 0 Å². The first-order valence-corrected chi connectivity index (χ1v) is 8.58. The van der Waals surface area contributed by atoms with Crippen molar-refractivity contribution in [2.45, 2.75) is 19.9 Å². The second-order valence-electron chi connectivity index (χ2n) is 5.95. The largest absolute Gasteiger partial charge is 0.354 e. The summed E-state index contributed by atoms with van der Waals surface area (Å²) in [6.45, 7) is 2.95. The number of benzene rings is 2. The topological polar surface area (TPSA) is 65.5 Å². The maximum atomic E-state index is 13.3. The van der Waals surface area contributed by atoms with Crippen molar-refractivity contribution in [2.24, 2.45) is 4.99 Å². The van der Waals surface area contributed by atoms with Gasteiger partial charge in [0.2, 0.25) is 5.91 Å². The van der Waals surface area contributed by atoms with Gasteiger partial charge in [0.15, 0.2) is 5.96 Å². The van der Waals surface area contributed by atoms with Gasteiger partial charge in [0.1, 0.15) is 5.82 Å². The lowest BCUT2D eigenvalue weighted by Crippen LogP contribution is -2.43. The SMILES string of the molecule is CN=C(NCC(=O)NCCc1ccccc1)NCc1ccc(F)c(C)c1. The summed E-state index contributed by atoms with van der Waals surface area (Å²) in [6, 6.07) is 15.0. The minimum absolute atomic E-state index is 0.0958. The summed E-state index contributed by atoms with van der Waals surface area (Å²) in [5, 5.41) is 8.95. The number of guanidine groups is 1. The van der Waals surface area contributed by atoms with Gasteiger partial charge < -0.3 is 16.0 Å². The molecule has 0 aliphatic rings. The van der Waals surface area contributed by atoms with Crippen LogP contribution >= 0.6 is 0 Å². The molecule has 2 aromatic rings. The number of nitrogens with zero attached hydrogens (tertiary/aromatic N) is 1. The summed E-state index contributed by atoms with van der Waals surface area (Å²) in [6.07, 6.45) is 0.795. The van der Waals surface area contributed by atoms with Gasteiger partial charge in [-0.25, -0.2) is 4.39 Å². The van der Waals surface area contributed by atoms with E-state index in [-0.39, 0.29) is 18.3 Å². The fourth-order valence-electron chi connectivity index (χ4n) is 2.44. The molecule has 0 spiro atoms. The number of rotatable bonds is 7. The van der Waals surface area contributed by atoms with Crippen LogP contribution in [0.1, 0.15) is 16.7 Å². The normalized spacial score (nSPS) is 11.1. The van der Waals surface area contributed by atoms with Crippen LogP contribution in [0.2, 0.25) is 0 Å². The first-order chi connectivity index (χ1) is 12.6. The van der Waals surface area contributed by atoms with Gasteiger partial charge in [-0.05, 0) is 36.1 Å². The van der Waals surface area contributed by atoms with E-state index in [2.05, 4.69) is 20.9 Å². The molecule has 0 bridgehead atoms. The van der Waals surface area contributed by atoms with Crippen molar-refractivity contribution in [3.63, 3.8) is 0 Å². The Hall–Kier alpha value is -2.89. The maximum Gasteiger partial charge on any atom is 0.239 e. The van der Waals surface area contributed by atoms with Crippen LogP contribution in [0, 0.1) is 12.7 Å². The van der Waals surface area contributed by atoms with E-state index in [1.165, 1.54) is 11.6 Å². The summed E-state index contributed by atoms with van der Waals surface area (Å²) in [5.41, 5.74) is 2.73. The summed E-state index contributed by atoms with van der Waals surface area (Å²) >= 11 is 0. The van der Waals surface area contributed by atoms with E-state index in [1.54, 1.807) is 26.1 Å². The Labute approximate surface area is 153 Å². The van der Waals surface area contributed by atoms with Crippen LogP contribution in [0.25, 0.3) is 0 Å². The zero-order valence-corrected chi connectivity index (χ0v) is 15.2. The first-order valence-electron chi connectivity index (χ1n) is 8.58. The third kappa shape index (κ3) is 6.55. The molecule has 0 aromatic heterocycles. The summed E-state index contributed by atoms with van der Waals surface area (Å²) in [5.74, 6) is 0.204. The van der Waals surface area contributed by atoms with E-state index in [4.69, 9.17) is 0 Å². The Kier molecular flexibility index (Phi) is 7.61. The summed E-state index contributed by atoms with van der Waals surface area (Å²) in [4.78, 5) is 16.0. The smallest absolute Gasteiger partial charge is 0.239 e. The van der Waals surface area contributed by atoms with E-state index in [9.17, 15) is 9.18 Å². The van der Waals surface area contributed by atoms with Crippen LogP contribution < -0.4 is 16.0 Å². The van der Waals surface area contributed by atoms with E-state index < -0.39 is 0 Å². The highest BCUT2D eigenvalue weighted by Gasteiger charge is 2.04. The van der Waals surface area contributed by atoms with Gasteiger partial charge in [-0.3, -0.25) is 9.79 Å². The molecule has 1 amide bonds. The highest BCUT2D eigenvalue weighted by atomic mass is 19.1. The number of halogens is 1. The van der Waals surface area contributed by atoms with Crippen molar-refractivity contribution in [2.75, 3.05) is 20.1 Å². The van der Waals surface area contributed by atoms with Crippen molar-refractivity contribution in [3.05, 3.63) is 71.0 Å².